The first-order valence-electron chi connectivity index (χ1n) is 6.47. The van der Waals surface area contributed by atoms with Gasteiger partial charge in [0.25, 0.3) is 0 Å². The van der Waals surface area contributed by atoms with Gasteiger partial charge in [0, 0.05) is 5.92 Å². The summed E-state index contributed by atoms with van der Waals surface area (Å²) in [6.07, 6.45) is 6.13. The molecule has 1 saturated heterocycles. The minimum Gasteiger partial charge on any atom is -0.295 e. The summed E-state index contributed by atoms with van der Waals surface area (Å²) in [6, 6.07) is 8.11. The second-order valence-corrected chi connectivity index (χ2v) is 5.18. The summed E-state index contributed by atoms with van der Waals surface area (Å²) in [5.41, 5.74) is 2.19. The van der Waals surface area contributed by atoms with Crippen LogP contribution in [0.25, 0.3) is 0 Å². The summed E-state index contributed by atoms with van der Waals surface area (Å²) in [5, 5.41) is 0. The monoisotopic (exact) mass is 238 g/mol. The predicted molar refractivity (Wildman–Crippen MR) is 69.4 cm³/mol. The molecule has 0 spiro atoms. The number of aliphatic imine (C=N–C) groups is 1. The number of hydrogen-bond donors (Lipinski definition) is 0. The standard InChI is InChI=1S/C15H14N2O/c18-15-12-7-3-2-6-11(12)14-16-13-8-4-1-5-10(13)9-17(14)15/h1-5,8,11-12H,6-7,9H2. The van der Waals surface area contributed by atoms with E-state index in [2.05, 4.69) is 18.2 Å². The van der Waals surface area contributed by atoms with Gasteiger partial charge in [0.1, 0.15) is 5.84 Å². The summed E-state index contributed by atoms with van der Waals surface area (Å²) in [5.74, 6) is 1.68. The molecule has 0 N–H and O–H groups in total. The summed E-state index contributed by atoms with van der Waals surface area (Å²) < 4.78 is 0. The van der Waals surface area contributed by atoms with Crippen LogP contribution in [0.1, 0.15) is 18.4 Å². The average molecular weight is 238 g/mol. The van der Waals surface area contributed by atoms with Crippen LogP contribution in [0.5, 0.6) is 0 Å². The van der Waals surface area contributed by atoms with E-state index in [0.717, 1.165) is 29.9 Å². The lowest BCUT2D eigenvalue weighted by Crippen LogP contribution is -2.32. The van der Waals surface area contributed by atoms with Crippen LogP contribution in [0.4, 0.5) is 5.69 Å². The number of amides is 1. The molecule has 2 unspecified atom stereocenters. The maximum atomic E-state index is 12.4. The molecule has 0 radical (unpaired) electrons. The van der Waals surface area contributed by atoms with Crippen molar-refractivity contribution in [3.8, 4) is 0 Å². The van der Waals surface area contributed by atoms with Gasteiger partial charge in [-0.2, -0.15) is 0 Å². The number of para-hydroxylation sites is 1. The van der Waals surface area contributed by atoms with Gasteiger partial charge >= 0.3 is 0 Å². The molecule has 2 aliphatic heterocycles. The Balaban J connectivity index is 1.83. The zero-order chi connectivity index (χ0) is 12.1. The van der Waals surface area contributed by atoms with E-state index < -0.39 is 0 Å². The third-order valence-electron chi connectivity index (χ3n) is 4.18. The number of carbonyl (C=O) groups excluding carboxylic acids is 1. The number of carbonyl (C=O) groups is 1. The molecule has 2 heterocycles. The third kappa shape index (κ3) is 1.24. The smallest absolute Gasteiger partial charge is 0.232 e. The van der Waals surface area contributed by atoms with E-state index in [1.165, 1.54) is 0 Å². The molecule has 90 valence electrons. The van der Waals surface area contributed by atoms with Gasteiger partial charge in [-0.05, 0) is 24.5 Å². The molecule has 4 rings (SSSR count). The molecule has 3 heteroatoms. The number of hydrogen-bond acceptors (Lipinski definition) is 2. The lowest BCUT2D eigenvalue weighted by Gasteiger charge is -2.24. The summed E-state index contributed by atoms with van der Waals surface area (Å²) in [7, 11) is 0. The van der Waals surface area contributed by atoms with E-state index in [1.54, 1.807) is 0 Å². The predicted octanol–water partition coefficient (Wildman–Crippen LogP) is 2.65. The highest BCUT2D eigenvalue weighted by Gasteiger charge is 2.46. The van der Waals surface area contributed by atoms with Gasteiger partial charge in [-0.15, -0.1) is 0 Å². The zero-order valence-corrected chi connectivity index (χ0v) is 10.0. The Morgan fingerprint density at radius 2 is 1.89 bits per heavy atom. The fraction of sp³-hybridized carbons (Fsp3) is 0.333. The van der Waals surface area contributed by atoms with E-state index in [0.29, 0.717) is 12.5 Å². The fourth-order valence-corrected chi connectivity index (χ4v) is 3.24. The Hall–Kier alpha value is -1.90. The van der Waals surface area contributed by atoms with Crippen LogP contribution in [0.3, 0.4) is 0 Å². The Morgan fingerprint density at radius 3 is 2.78 bits per heavy atom. The number of rotatable bonds is 0. The largest absolute Gasteiger partial charge is 0.295 e. The van der Waals surface area contributed by atoms with E-state index in [-0.39, 0.29) is 11.8 Å². The van der Waals surface area contributed by atoms with Crippen LogP contribution in [-0.2, 0) is 11.3 Å². The molecule has 2 atom stereocenters. The highest BCUT2D eigenvalue weighted by Crippen LogP contribution is 2.40. The van der Waals surface area contributed by atoms with E-state index in [1.807, 2.05) is 23.1 Å². The van der Waals surface area contributed by atoms with Crippen LogP contribution in [0.2, 0.25) is 0 Å². The van der Waals surface area contributed by atoms with Gasteiger partial charge in [0.15, 0.2) is 0 Å². The van der Waals surface area contributed by atoms with Crippen molar-refractivity contribution in [2.24, 2.45) is 16.8 Å². The first-order valence-corrected chi connectivity index (χ1v) is 6.47. The number of nitrogens with zero attached hydrogens (tertiary/aromatic N) is 2. The normalized spacial score (nSPS) is 28.6. The SMILES string of the molecule is O=C1C2CC=CCC2C2=Nc3ccccc3CN12. The second kappa shape index (κ2) is 3.55. The lowest BCUT2D eigenvalue weighted by atomic mass is 9.85. The van der Waals surface area contributed by atoms with Crippen LogP contribution >= 0.6 is 0 Å². The molecule has 0 bridgehead atoms. The molecular weight excluding hydrogens is 224 g/mol. The van der Waals surface area contributed by atoms with Crippen molar-refractivity contribution >= 4 is 17.4 Å². The van der Waals surface area contributed by atoms with Crippen LogP contribution in [-0.4, -0.2) is 16.6 Å². The van der Waals surface area contributed by atoms with E-state index in [4.69, 9.17) is 4.99 Å². The molecule has 1 aromatic carbocycles. The number of amidine groups is 1. The van der Waals surface area contributed by atoms with Crippen molar-refractivity contribution in [1.29, 1.82) is 0 Å². The van der Waals surface area contributed by atoms with Crippen molar-refractivity contribution in [1.82, 2.24) is 4.90 Å². The first kappa shape index (κ1) is 10.1. The van der Waals surface area contributed by atoms with Crippen molar-refractivity contribution in [2.45, 2.75) is 19.4 Å². The first-order chi connectivity index (χ1) is 8.84. The molecule has 1 amide bonds. The van der Waals surface area contributed by atoms with Gasteiger partial charge in [-0.1, -0.05) is 30.4 Å². The highest BCUT2D eigenvalue weighted by atomic mass is 16.2. The van der Waals surface area contributed by atoms with Crippen molar-refractivity contribution in [2.75, 3.05) is 0 Å². The minimum atomic E-state index is 0.128. The van der Waals surface area contributed by atoms with E-state index in [9.17, 15) is 4.79 Å². The number of allylic oxidation sites excluding steroid dienone is 2. The van der Waals surface area contributed by atoms with Crippen LogP contribution in [0.15, 0.2) is 41.4 Å². The zero-order valence-electron chi connectivity index (χ0n) is 10.0. The Labute approximate surface area is 106 Å². The maximum Gasteiger partial charge on any atom is 0.232 e. The summed E-state index contributed by atoms with van der Waals surface area (Å²) in [4.78, 5) is 19.0. The molecule has 3 aliphatic rings. The van der Waals surface area contributed by atoms with Crippen molar-refractivity contribution < 1.29 is 4.79 Å². The lowest BCUT2D eigenvalue weighted by molar-refractivity contribution is -0.130. The topological polar surface area (TPSA) is 32.7 Å². The molecule has 0 saturated carbocycles. The van der Waals surface area contributed by atoms with Gasteiger partial charge in [-0.25, -0.2) is 4.99 Å². The third-order valence-corrected chi connectivity index (χ3v) is 4.18. The molecule has 0 aromatic heterocycles. The van der Waals surface area contributed by atoms with Crippen LogP contribution < -0.4 is 0 Å². The molecule has 1 aliphatic carbocycles. The van der Waals surface area contributed by atoms with Gasteiger partial charge in [0.2, 0.25) is 5.91 Å². The van der Waals surface area contributed by atoms with Crippen molar-refractivity contribution in [3.63, 3.8) is 0 Å². The quantitative estimate of drug-likeness (QED) is 0.639. The molecule has 1 aromatic rings. The molecule has 18 heavy (non-hydrogen) atoms. The molecule has 3 nitrogen and oxygen atoms in total. The van der Waals surface area contributed by atoms with Crippen LogP contribution in [0, 0.1) is 11.8 Å². The second-order valence-electron chi connectivity index (χ2n) is 5.18. The Kier molecular flexibility index (Phi) is 1.98. The fourth-order valence-electron chi connectivity index (χ4n) is 3.24. The average Bonchev–Trinajstić information content (AvgIpc) is 2.71. The maximum absolute atomic E-state index is 12.4. The summed E-state index contributed by atoms with van der Waals surface area (Å²) in [6.45, 7) is 0.695. The van der Waals surface area contributed by atoms with Gasteiger partial charge in [-0.3, -0.25) is 9.69 Å². The molecular formula is C15H14N2O. The Bertz CT molecular complexity index is 588. The van der Waals surface area contributed by atoms with Gasteiger partial charge in [0.05, 0.1) is 18.2 Å². The Morgan fingerprint density at radius 1 is 1.11 bits per heavy atom. The van der Waals surface area contributed by atoms with Crippen molar-refractivity contribution in [3.05, 3.63) is 42.0 Å². The minimum absolute atomic E-state index is 0.128. The van der Waals surface area contributed by atoms with Gasteiger partial charge < -0.3 is 0 Å². The number of benzene rings is 1. The highest BCUT2D eigenvalue weighted by molar-refractivity contribution is 6.09. The summed E-state index contributed by atoms with van der Waals surface area (Å²) >= 11 is 0. The van der Waals surface area contributed by atoms with E-state index >= 15 is 0 Å². The number of fused-ring (bicyclic) bond motifs is 4. The molecule has 1 fully saturated rings.